The molecule has 0 aromatic heterocycles. The molecule has 2 rings (SSSR count). The Hall–Kier alpha value is -0.370. The van der Waals surface area contributed by atoms with Crippen LogP contribution in [-0.2, 0) is 4.79 Å². The number of fused-ring (bicyclic) bond motifs is 2. The van der Waals surface area contributed by atoms with Gasteiger partial charge in [-0.3, -0.25) is 4.79 Å². The van der Waals surface area contributed by atoms with Crippen LogP contribution in [0.2, 0.25) is 0 Å². The van der Waals surface area contributed by atoms with E-state index in [9.17, 15) is 9.90 Å². The van der Waals surface area contributed by atoms with Gasteiger partial charge in [0.25, 0.3) is 0 Å². The maximum atomic E-state index is 11.3. The predicted molar refractivity (Wildman–Crippen MR) is 41.0 cm³/mol. The van der Waals surface area contributed by atoms with Crippen LogP contribution in [0.15, 0.2) is 0 Å². The van der Waals surface area contributed by atoms with E-state index in [0.717, 1.165) is 12.8 Å². The molecule has 0 radical (unpaired) electrons. The van der Waals surface area contributed by atoms with Gasteiger partial charge < -0.3 is 5.11 Å². The number of aliphatic hydroxyl groups excluding tert-OH is 1. The summed E-state index contributed by atoms with van der Waals surface area (Å²) >= 11 is 0. The van der Waals surface area contributed by atoms with E-state index in [1.54, 1.807) is 0 Å². The zero-order chi connectivity index (χ0) is 8.22. The molecule has 0 aromatic carbocycles. The van der Waals surface area contributed by atoms with E-state index in [4.69, 9.17) is 0 Å². The van der Waals surface area contributed by atoms with E-state index in [1.807, 2.05) is 0 Å². The van der Waals surface area contributed by atoms with Crippen molar-refractivity contribution in [3.05, 3.63) is 0 Å². The van der Waals surface area contributed by atoms with E-state index in [1.165, 1.54) is 0 Å². The Kier molecular flexibility index (Phi) is 1.23. The predicted octanol–water partition coefficient (Wildman–Crippen LogP) is 0.982. The monoisotopic (exact) mass is 154 g/mol. The molecule has 62 valence electrons. The summed E-state index contributed by atoms with van der Waals surface area (Å²) in [5.74, 6) is 0.466. The van der Waals surface area contributed by atoms with Crippen molar-refractivity contribution < 1.29 is 9.90 Å². The smallest absolute Gasteiger partial charge is 0.165 e. The molecule has 2 fully saturated rings. The number of rotatable bonds is 0. The molecule has 0 saturated heterocycles. The number of aliphatic hydroxyl groups is 1. The van der Waals surface area contributed by atoms with E-state index < -0.39 is 6.10 Å². The summed E-state index contributed by atoms with van der Waals surface area (Å²) in [6, 6.07) is 0. The van der Waals surface area contributed by atoms with Crippen molar-refractivity contribution >= 4 is 5.78 Å². The van der Waals surface area contributed by atoms with Crippen LogP contribution in [0.1, 0.15) is 26.7 Å². The third-order valence-corrected chi connectivity index (χ3v) is 3.64. The van der Waals surface area contributed by atoms with Gasteiger partial charge in [0.2, 0.25) is 0 Å². The lowest BCUT2D eigenvalue weighted by atomic mass is 9.82. The summed E-state index contributed by atoms with van der Waals surface area (Å²) in [6.07, 6.45) is 1.38. The Bertz CT molecular complexity index is 208. The molecule has 2 heteroatoms. The summed E-state index contributed by atoms with van der Waals surface area (Å²) in [7, 11) is 0. The van der Waals surface area contributed by atoms with Gasteiger partial charge in [-0.15, -0.1) is 0 Å². The number of carbonyl (C=O) groups excluding carboxylic acids is 1. The SMILES string of the molecule is CC1(C)[C@@H]2CC[C@H]1C(=O)C2O. The van der Waals surface area contributed by atoms with Crippen LogP contribution in [0.25, 0.3) is 0 Å². The van der Waals surface area contributed by atoms with Crippen molar-refractivity contribution in [2.45, 2.75) is 32.8 Å². The average molecular weight is 154 g/mol. The van der Waals surface area contributed by atoms with E-state index >= 15 is 0 Å². The first kappa shape index (κ1) is 7.29. The Balaban J connectivity index is 2.39. The lowest BCUT2D eigenvalue weighted by molar-refractivity contribution is -0.130. The second-order valence-corrected chi connectivity index (χ2v) is 4.41. The number of ketones is 1. The second kappa shape index (κ2) is 1.86. The van der Waals surface area contributed by atoms with Crippen molar-refractivity contribution in [3.63, 3.8) is 0 Å². The lowest BCUT2D eigenvalue weighted by Crippen LogP contribution is -2.26. The van der Waals surface area contributed by atoms with Gasteiger partial charge in [-0.25, -0.2) is 0 Å². The minimum absolute atomic E-state index is 0.0660. The van der Waals surface area contributed by atoms with Gasteiger partial charge >= 0.3 is 0 Å². The fourth-order valence-corrected chi connectivity index (χ4v) is 2.83. The Morgan fingerprint density at radius 3 is 2.36 bits per heavy atom. The third kappa shape index (κ3) is 0.684. The van der Waals surface area contributed by atoms with Crippen molar-refractivity contribution in [1.82, 2.24) is 0 Å². The topological polar surface area (TPSA) is 37.3 Å². The fourth-order valence-electron chi connectivity index (χ4n) is 2.83. The lowest BCUT2D eigenvalue weighted by Gasteiger charge is -2.22. The highest BCUT2D eigenvalue weighted by Crippen LogP contribution is 2.55. The number of hydrogen-bond acceptors (Lipinski definition) is 2. The molecule has 2 nitrogen and oxygen atoms in total. The molecule has 0 aliphatic heterocycles. The quantitative estimate of drug-likeness (QED) is 0.564. The second-order valence-electron chi connectivity index (χ2n) is 4.41. The maximum absolute atomic E-state index is 11.3. The summed E-state index contributed by atoms with van der Waals surface area (Å²) in [5.41, 5.74) is 0.0660. The Labute approximate surface area is 66.6 Å². The van der Waals surface area contributed by atoms with Gasteiger partial charge in [-0.05, 0) is 24.2 Å². The largest absolute Gasteiger partial charge is 0.385 e. The molecule has 2 aliphatic rings. The van der Waals surface area contributed by atoms with Gasteiger partial charge in [-0.2, -0.15) is 0 Å². The summed E-state index contributed by atoms with van der Waals surface area (Å²) in [4.78, 5) is 11.3. The molecular weight excluding hydrogens is 140 g/mol. The summed E-state index contributed by atoms with van der Waals surface area (Å²) in [6.45, 7) is 4.20. The highest BCUT2D eigenvalue weighted by molar-refractivity contribution is 5.89. The first-order valence-corrected chi connectivity index (χ1v) is 4.27. The molecule has 11 heavy (non-hydrogen) atoms. The van der Waals surface area contributed by atoms with Crippen LogP contribution >= 0.6 is 0 Å². The number of carbonyl (C=O) groups is 1. The van der Waals surface area contributed by atoms with E-state index in [2.05, 4.69) is 13.8 Å². The molecule has 0 amide bonds. The molecule has 1 unspecified atom stereocenters. The Morgan fingerprint density at radius 2 is 2.09 bits per heavy atom. The molecule has 2 aliphatic carbocycles. The first-order valence-electron chi connectivity index (χ1n) is 4.27. The maximum Gasteiger partial charge on any atom is 0.165 e. The highest BCUT2D eigenvalue weighted by atomic mass is 16.3. The van der Waals surface area contributed by atoms with Crippen molar-refractivity contribution in [1.29, 1.82) is 0 Å². The average Bonchev–Trinajstić information content (AvgIpc) is 2.27. The zero-order valence-corrected chi connectivity index (χ0v) is 7.00. The van der Waals surface area contributed by atoms with Gasteiger partial charge in [0, 0.05) is 5.92 Å². The molecule has 1 N–H and O–H groups in total. The minimum Gasteiger partial charge on any atom is -0.385 e. The van der Waals surface area contributed by atoms with Gasteiger partial charge in [0.15, 0.2) is 5.78 Å². The van der Waals surface area contributed by atoms with Crippen molar-refractivity contribution in [2.24, 2.45) is 17.3 Å². The highest BCUT2D eigenvalue weighted by Gasteiger charge is 2.58. The molecular formula is C9H14O2. The van der Waals surface area contributed by atoms with Gasteiger partial charge in [-0.1, -0.05) is 13.8 Å². The third-order valence-electron chi connectivity index (χ3n) is 3.64. The molecule has 2 bridgehead atoms. The summed E-state index contributed by atoms with van der Waals surface area (Å²) < 4.78 is 0. The standard InChI is InChI=1S/C9H14O2/c1-9(2)5-3-4-6(9)8(11)7(5)10/h5-7,10H,3-4H2,1-2H3/t5-,6+,7?/m1/s1. The van der Waals surface area contributed by atoms with Crippen molar-refractivity contribution in [2.75, 3.05) is 0 Å². The molecule has 0 heterocycles. The normalized spacial score (nSPS) is 46.8. The van der Waals surface area contributed by atoms with Gasteiger partial charge in [0.05, 0.1) is 0 Å². The Morgan fingerprint density at radius 1 is 1.45 bits per heavy atom. The van der Waals surface area contributed by atoms with Crippen molar-refractivity contribution in [3.8, 4) is 0 Å². The van der Waals surface area contributed by atoms with E-state index in [-0.39, 0.29) is 23.0 Å². The molecule has 3 atom stereocenters. The molecule has 2 saturated carbocycles. The first-order chi connectivity index (χ1) is 5.05. The number of Topliss-reactive ketones (excluding diaryl/α,β-unsaturated/α-hetero) is 1. The van der Waals surface area contributed by atoms with Crippen LogP contribution in [-0.4, -0.2) is 17.0 Å². The van der Waals surface area contributed by atoms with Crippen LogP contribution in [0.5, 0.6) is 0 Å². The van der Waals surface area contributed by atoms with Crippen LogP contribution in [0.3, 0.4) is 0 Å². The summed E-state index contributed by atoms with van der Waals surface area (Å²) in [5, 5.41) is 9.47. The molecule has 0 aromatic rings. The molecule has 0 spiro atoms. The fraction of sp³-hybridized carbons (Fsp3) is 0.889. The zero-order valence-electron chi connectivity index (χ0n) is 7.00. The van der Waals surface area contributed by atoms with E-state index in [0.29, 0.717) is 0 Å². The number of hydrogen-bond donors (Lipinski definition) is 1. The van der Waals surface area contributed by atoms with Crippen LogP contribution < -0.4 is 0 Å². The van der Waals surface area contributed by atoms with Crippen LogP contribution in [0, 0.1) is 17.3 Å². The van der Waals surface area contributed by atoms with Gasteiger partial charge in [0.1, 0.15) is 6.10 Å². The minimum atomic E-state index is -0.649. The van der Waals surface area contributed by atoms with Crippen LogP contribution in [0.4, 0.5) is 0 Å².